The minimum atomic E-state index is -0.315. The first-order valence-corrected chi connectivity index (χ1v) is 8.74. The number of aromatic nitrogens is 4. The van der Waals surface area contributed by atoms with E-state index in [1.54, 1.807) is 34.0 Å². The van der Waals surface area contributed by atoms with Crippen LogP contribution in [-0.4, -0.2) is 32.3 Å². The fourth-order valence-corrected chi connectivity index (χ4v) is 3.05. The molecule has 0 radical (unpaired) electrons. The minimum Gasteiger partial charge on any atom is -0.332 e. The van der Waals surface area contributed by atoms with Crippen molar-refractivity contribution >= 4 is 34.9 Å². The van der Waals surface area contributed by atoms with Crippen LogP contribution in [0.1, 0.15) is 30.6 Å². The van der Waals surface area contributed by atoms with Crippen molar-refractivity contribution in [2.45, 2.75) is 32.2 Å². The Morgan fingerprint density at radius 1 is 1.52 bits per heavy atom. The normalized spacial score (nSPS) is 10.9. The van der Waals surface area contributed by atoms with Gasteiger partial charge in [-0.1, -0.05) is 5.21 Å². The smallest absolute Gasteiger partial charge is 0.320 e. The standard InChI is InChI=1S/C12H18N6OS2/c1-8(2)18-5-10(16-17-18)15-12(19)13-4-9-6-21-11(14-9)7-20-3/h5-6,8H,4,7H2,1-3H3,(H2,13,15,19). The molecule has 0 aromatic carbocycles. The summed E-state index contributed by atoms with van der Waals surface area (Å²) in [6, 6.07) is -0.105. The molecule has 0 aliphatic carbocycles. The average Bonchev–Trinajstić information content (AvgIpc) is 3.06. The first-order valence-electron chi connectivity index (χ1n) is 6.47. The van der Waals surface area contributed by atoms with Gasteiger partial charge in [-0.3, -0.25) is 5.32 Å². The van der Waals surface area contributed by atoms with Crippen molar-refractivity contribution in [1.29, 1.82) is 0 Å². The Morgan fingerprint density at radius 3 is 3.00 bits per heavy atom. The lowest BCUT2D eigenvalue weighted by Crippen LogP contribution is -2.28. The number of hydrogen-bond acceptors (Lipinski definition) is 6. The number of carbonyl (C=O) groups excluding carboxylic acids is 1. The second-order valence-electron chi connectivity index (χ2n) is 4.65. The number of urea groups is 1. The van der Waals surface area contributed by atoms with E-state index in [1.165, 1.54) is 0 Å². The maximum absolute atomic E-state index is 11.8. The third-order valence-electron chi connectivity index (χ3n) is 2.58. The topological polar surface area (TPSA) is 84.7 Å². The van der Waals surface area contributed by atoms with E-state index >= 15 is 0 Å². The summed E-state index contributed by atoms with van der Waals surface area (Å²) in [6.07, 6.45) is 3.74. The molecule has 9 heteroatoms. The zero-order valence-electron chi connectivity index (χ0n) is 12.2. The van der Waals surface area contributed by atoms with Crippen molar-refractivity contribution in [3.05, 3.63) is 22.3 Å². The summed E-state index contributed by atoms with van der Waals surface area (Å²) in [5.41, 5.74) is 0.866. The molecule has 2 N–H and O–H groups in total. The molecule has 0 saturated heterocycles. The molecule has 114 valence electrons. The number of nitrogens with one attached hydrogen (secondary N) is 2. The summed E-state index contributed by atoms with van der Waals surface area (Å²) in [4.78, 5) is 16.2. The van der Waals surface area contributed by atoms with Gasteiger partial charge in [0.1, 0.15) is 5.01 Å². The van der Waals surface area contributed by atoms with Crippen LogP contribution in [0.15, 0.2) is 11.6 Å². The van der Waals surface area contributed by atoms with Gasteiger partial charge in [0.25, 0.3) is 0 Å². The molecule has 0 spiro atoms. The molecule has 0 aliphatic rings. The molecule has 7 nitrogen and oxygen atoms in total. The highest BCUT2D eigenvalue weighted by molar-refractivity contribution is 7.97. The minimum absolute atomic E-state index is 0.209. The van der Waals surface area contributed by atoms with Gasteiger partial charge in [-0.25, -0.2) is 14.5 Å². The van der Waals surface area contributed by atoms with E-state index in [0.717, 1.165) is 16.5 Å². The van der Waals surface area contributed by atoms with Crippen LogP contribution in [-0.2, 0) is 12.3 Å². The zero-order chi connectivity index (χ0) is 15.2. The van der Waals surface area contributed by atoms with Crippen LogP contribution in [0, 0.1) is 0 Å². The van der Waals surface area contributed by atoms with Gasteiger partial charge in [-0.05, 0) is 20.1 Å². The monoisotopic (exact) mass is 326 g/mol. The zero-order valence-corrected chi connectivity index (χ0v) is 13.8. The first kappa shape index (κ1) is 15.8. The highest BCUT2D eigenvalue weighted by Crippen LogP contribution is 2.14. The Labute approximate surface area is 131 Å². The maximum Gasteiger partial charge on any atom is 0.320 e. The molecule has 2 heterocycles. The van der Waals surface area contributed by atoms with Crippen molar-refractivity contribution in [2.24, 2.45) is 0 Å². The molecule has 0 atom stereocenters. The predicted octanol–water partition coefficient (Wildman–Crippen LogP) is 2.50. The summed E-state index contributed by atoms with van der Waals surface area (Å²) < 4.78 is 1.69. The molecule has 0 unspecified atom stereocenters. The van der Waals surface area contributed by atoms with Crippen LogP contribution in [0.25, 0.3) is 0 Å². The van der Waals surface area contributed by atoms with Crippen molar-refractivity contribution < 1.29 is 4.79 Å². The lowest BCUT2D eigenvalue weighted by atomic mass is 10.4. The number of thiazole rings is 1. The number of carbonyl (C=O) groups is 1. The van der Waals surface area contributed by atoms with Crippen molar-refractivity contribution in [2.75, 3.05) is 11.6 Å². The van der Waals surface area contributed by atoms with Crippen LogP contribution in [0.3, 0.4) is 0 Å². The van der Waals surface area contributed by atoms with Gasteiger partial charge in [0, 0.05) is 17.2 Å². The number of hydrogen-bond donors (Lipinski definition) is 2. The highest BCUT2D eigenvalue weighted by Gasteiger charge is 2.08. The number of amides is 2. The molecule has 2 amide bonds. The van der Waals surface area contributed by atoms with Gasteiger partial charge in [0.05, 0.1) is 18.4 Å². The maximum atomic E-state index is 11.8. The van der Waals surface area contributed by atoms with Gasteiger partial charge < -0.3 is 5.32 Å². The SMILES string of the molecule is CSCc1nc(CNC(=O)Nc2cn(C(C)C)nn2)cs1. The lowest BCUT2D eigenvalue weighted by molar-refractivity contribution is 0.251. The highest BCUT2D eigenvalue weighted by atomic mass is 32.2. The molecule has 0 bridgehead atoms. The number of rotatable bonds is 6. The van der Waals surface area contributed by atoms with E-state index in [-0.39, 0.29) is 12.1 Å². The Kier molecular flexibility index (Phi) is 5.57. The Balaban J connectivity index is 1.80. The van der Waals surface area contributed by atoms with Gasteiger partial charge in [-0.2, -0.15) is 11.8 Å². The quantitative estimate of drug-likeness (QED) is 0.852. The molecule has 2 rings (SSSR count). The van der Waals surface area contributed by atoms with Gasteiger partial charge in [-0.15, -0.1) is 16.4 Å². The van der Waals surface area contributed by atoms with Gasteiger partial charge in [0.2, 0.25) is 0 Å². The summed E-state index contributed by atoms with van der Waals surface area (Å²) in [6.45, 7) is 4.38. The molecule has 2 aromatic heterocycles. The van der Waals surface area contributed by atoms with Gasteiger partial charge >= 0.3 is 6.03 Å². The Hall–Kier alpha value is -1.61. The molecule has 2 aromatic rings. The molecular formula is C12H18N6OS2. The van der Waals surface area contributed by atoms with E-state index < -0.39 is 0 Å². The van der Waals surface area contributed by atoms with Crippen LogP contribution in [0.2, 0.25) is 0 Å². The van der Waals surface area contributed by atoms with E-state index in [4.69, 9.17) is 0 Å². The lowest BCUT2D eigenvalue weighted by Gasteiger charge is -2.03. The first-order chi connectivity index (χ1) is 10.1. The summed E-state index contributed by atoms with van der Waals surface area (Å²) in [5, 5.41) is 16.2. The summed E-state index contributed by atoms with van der Waals surface area (Å²) >= 11 is 3.34. The summed E-state index contributed by atoms with van der Waals surface area (Å²) in [7, 11) is 0. The van der Waals surface area contributed by atoms with E-state index in [0.29, 0.717) is 12.4 Å². The Morgan fingerprint density at radius 2 is 2.33 bits per heavy atom. The number of thioether (sulfide) groups is 1. The fraction of sp³-hybridized carbons (Fsp3) is 0.500. The third kappa shape index (κ3) is 4.71. The molecular weight excluding hydrogens is 308 g/mol. The fourth-order valence-electron chi connectivity index (χ4n) is 1.54. The molecule has 0 saturated carbocycles. The van der Waals surface area contributed by atoms with Gasteiger partial charge in [0.15, 0.2) is 5.82 Å². The number of nitrogens with zero attached hydrogens (tertiary/aromatic N) is 4. The van der Waals surface area contributed by atoms with Crippen LogP contribution in [0.4, 0.5) is 10.6 Å². The number of anilines is 1. The van der Waals surface area contributed by atoms with E-state index in [9.17, 15) is 4.79 Å². The van der Waals surface area contributed by atoms with Crippen molar-refractivity contribution in [3.63, 3.8) is 0 Å². The molecule has 0 aliphatic heterocycles. The largest absolute Gasteiger partial charge is 0.332 e. The van der Waals surface area contributed by atoms with Crippen LogP contribution in [0.5, 0.6) is 0 Å². The Bertz CT molecular complexity index is 594. The van der Waals surface area contributed by atoms with E-state index in [2.05, 4.69) is 25.9 Å². The van der Waals surface area contributed by atoms with Crippen molar-refractivity contribution in [3.8, 4) is 0 Å². The van der Waals surface area contributed by atoms with Crippen LogP contribution < -0.4 is 10.6 Å². The third-order valence-corrected chi connectivity index (χ3v) is 4.22. The average molecular weight is 326 g/mol. The second kappa shape index (κ2) is 7.41. The second-order valence-corrected chi connectivity index (χ2v) is 6.46. The van der Waals surface area contributed by atoms with Crippen LogP contribution >= 0.6 is 23.1 Å². The summed E-state index contributed by atoms with van der Waals surface area (Å²) in [5.74, 6) is 1.33. The van der Waals surface area contributed by atoms with Crippen molar-refractivity contribution in [1.82, 2.24) is 25.3 Å². The van der Waals surface area contributed by atoms with E-state index in [1.807, 2.05) is 25.5 Å². The molecule has 0 fully saturated rings. The molecule has 21 heavy (non-hydrogen) atoms. The predicted molar refractivity (Wildman–Crippen MR) is 85.6 cm³/mol.